The zero-order valence-electron chi connectivity index (χ0n) is 12.6. The minimum atomic E-state index is -0.0314. The number of methoxy groups -OCH3 is 1. The fourth-order valence-corrected chi connectivity index (χ4v) is 2.29. The molecule has 20 heavy (non-hydrogen) atoms. The van der Waals surface area contributed by atoms with Gasteiger partial charge in [0.05, 0.1) is 18.7 Å². The van der Waals surface area contributed by atoms with Gasteiger partial charge in [-0.25, -0.2) is 0 Å². The summed E-state index contributed by atoms with van der Waals surface area (Å²) < 4.78 is 10.9. The number of nitrogens with two attached hydrogens (primary N) is 1. The first-order valence-corrected chi connectivity index (χ1v) is 7.05. The van der Waals surface area contributed by atoms with E-state index in [9.17, 15) is 0 Å². The number of furan rings is 1. The number of ether oxygens (including phenoxy) is 1. The molecule has 2 unspecified atom stereocenters. The second kappa shape index (κ2) is 8.75. The third-order valence-electron chi connectivity index (χ3n) is 3.42. The highest BCUT2D eigenvalue weighted by Crippen LogP contribution is 2.27. The number of hydrogen-bond acceptors (Lipinski definition) is 5. The highest BCUT2D eigenvalue weighted by Gasteiger charge is 2.28. The number of rotatable bonds is 9. The van der Waals surface area contributed by atoms with Gasteiger partial charge in [0, 0.05) is 32.7 Å². The van der Waals surface area contributed by atoms with Crippen LogP contribution in [0.1, 0.15) is 37.3 Å². The Kier molecular flexibility index (Phi) is 7.31. The minimum absolute atomic E-state index is 0.0165. The van der Waals surface area contributed by atoms with Crippen LogP contribution in [0, 0.1) is 18.3 Å². The van der Waals surface area contributed by atoms with Crippen molar-refractivity contribution in [2.75, 3.05) is 26.8 Å². The standard InChI is InChI=1S/C15H25N3O2/c1-4-13(17)15(14-7-6-12(2)20-14)18(9-5-8-16)10-11-19-3/h6-7,13,15H,4-5,9-11,17H2,1-3H3. The maximum absolute atomic E-state index is 8.83. The monoisotopic (exact) mass is 279 g/mol. The van der Waals surface area contributed by atoms with Crippen LogP contribution in [0.4, 0.5) is 0 Å². The molecule has 112 valence electrons. The van der Waals surface area contributed by atoms with Gasteiger partial charge in [-0.15, -0.1) is 0 Å². The molecule has 5 nitrogen and oxygen atoms in total. The van der Waals surface area contributed by atoms with Crippen molar-refractivity contribution < 1.29 is 9.15 Å². The lowest BCUT2D eigenvalue weighted by Crippen LogP contribution is -2.42. The molecule has 0 aliphatic carbocycles. The van der Waals surface area contributed by atoms with Crippen molar-refractivity contribution >= 4 is 0 Å². The summed E-state index contributed by atoms with van der Waals surface area (Å²) in [6.45, 7) is 5.99. The zero-order valence-corrected chi connectivity index (χ0v) is 12.6. The van der Waals surface area contributed by atoms with Gasteiger partial charge in [0.15, 0.2) is 0 Å². The topological polar surface area (TPSA) is 75.4 Å². The van der Waals surface area contributed by atoms with E-state index in [1.807, 2.05) is 19.1 Å². The molecule has 2 atom stereocenters. The van der Waals surface area contributed by atoms with Crippen LogP contribution in [0.15, 0.2) is 16.5 Å². The molecule has 0 radical (unpaired) electrons. The van der Waals surface area contributed by atoms with E-state index < -0.39 is 0 Å². The maximum Gasteiger partial charge on any atom is 0.122 e. The molecule has 0 saturated carbocycles. The Hall–Kier alpha value is -1.35. The van der Waals surface area contributed by atoms with Crippen molar-refractivity contribution in [1.29, 1.82) is 5.26 Å². The second-order valence-corrected chi connectivity index (χ2v) is 4.90. The molecule has 0 bridgehead atoms. The Labute approximate surface area is 121 Å². The van der Waals surface area contributed by atoms with Gasteiger partial charge in [-0.05, 0) is 25.5 Å². The average Bonchev–Trinajstić information content (AvgIpc) is 2.87. The van der Waals surface area contributed by atoms with Crippen molar-refractivity contribution in [2.24, 2.45) is 5.73 Å². The lowest BCUT2D eigenvalue weighted by Gasteiger charge is -2.33. The lowest BCUT2D eigenvalue weighted by molar-refractivity contribution is 0.0984. The minimum Gasteiger partial charge on any atom is -0.465 e. The first kappa shape index (κ1) is 16.7. The van der Waals surface area contributed by atoms with Gasteiger partial charge in [-0.3, -0.25) is 4.90 Å². The Balaban J connectivity index is 2.94. The van der Waals surface area contributed by atoms with Crippen molar-refractivity contribution in [1.82, 2.24) is 4.90 Å². The number of nitriles is 1. The van der Waals surface area contributed by atoms with Crippen LogP contribution in [-0.4, -0.2) is 37.7 Å². The largest absolute Gasteiger partial charge is 0.465 e. The van der Waals surface area contributed by atoms with Crippen LogP contribution in [0.5, 0.6) is 0 Å². The zero-order chi connectivity index (χ0) is 15.0. The van der Waals surface area contributed by atoms with Gasteiger partial charge in [0.25, 0.3) is 0 Å². The first-order valence-electron chi connectivity index (χ1n) is 7.05. The Bertz CT molecular complexity index is 425. The molecule has 0 aromatic carbocycles. The van der Waals surface area contributed by atoms with Crippen LogP contribution in [0.25, 0.3) is 0 Å². The van der Waals surface area contributed by atoms with E-state index in [2.05, 4.69) is 17.9 Å². The van der Waals surface area contributed by atoms with Gasteiger partial charge in [-0.1, -0.05) is 6.92 Å². The maximum atomic E-state index is 8.83. The van der Waals surface area contributed by atoms with Crippen LogP contribution in [0.2, 0.25) is 0 Å². The molecular weight excluding hydrogens is 254 g/mol. The SMILES string of the molecule is CCC(N)C(c1ccc(C)o1)N(CCC#N)CCOC. The van der Waals surface area contributed by atoms with E-state index >= 15 is 0 Å². The summed E-state index contributed by atoms with van der Waals surface area (Å²) in [6, 6.07) is 6.06. The van der Waals surface area contributed by atoms with Crippen LogP contribution in [0.3, 0.4) is 0 Å². The summed E-state index contributed by atoms with van der Waals surface area (Å²) in [4.78, 5) is 2.18. The molecule has 2 N–H and O–H groups in total. The summed E-state index contributed by atoms with van der Waals surface area (Å²) in [7, 11) is 1.67. The van der Waals surface area contributed by atoms with Crippen LogP contribution < -0.4 is 5.73 Å². The molecule has 0 aliphatic heterocycles. The van der Waals surface area contributed by atoms with Gasteiger partial charge >= 0.3 is 0 Å². The van der Waals surface area contributed by atoms with E-state index in [4.69, 9.17) is 20.1 Å². The molecule has 1 aromatic rings. The Morgan fingerprint density at radius 2 is 2.20 bits per heavy atom. The smallest absolute Gasteiger partial charge is 0.122 e. The third kappa shape index (κ3) is 4.64. The fraction of sp³-hybridized carbons (Fsp3) is 0.667. The molecule has 1 heterocycles. The highest BCUT2D eigenvalue weighted by molar-refractivity contribution is 5.12. The number of hydrogen-bond donors (Lipinski definition) is 1. The molecule has 0 spiro atoms. The molecule has 1 rings (SSSR count). The molecule has 0 saturated heterocycles. The molecule has 1 aromatic heterocycles. The lowest BCUT2D eigenvalue weighted by atomic mass is 10.0. The van der Waals surface area contributed by atoms with Crippen LogP contribution in [-0.2, 0) is 4.74 Å². The summed E-state index contributed by atoms with van der Waals surface area (Å²) in [5.41, 5.74) is 6.28. The van der Waals surface area contributed by atoms with Gasteiger partial charge in [0.2, 0.25) is 0 Å². The second-order valence-electron chi connectivity index (χ2n) is 4.90. The van der Waals surface area contributed by atoms with E-state index in [0.717, 1.165) is 24.5 Å². The molecule has 0 amide bonds. The number of nitrogens with zero attached hydrogens (tertiary/aromatic N) is 2. The van der Waals surface area contributed by atoms with Crippen molar-refractivity contribution in [3.05, 3.63) is 23.7 Å². The van der Waals surface area contributed by atoms with Crippen molar-refractivity contribution in [3.8, 4) is 6.07 Å². The average molecular weight is 279 g/mol. The van der Waals surface area contributed by atoms with E-state index in [1.165, 1.54) is 0 Å². The van der Waals surface area contributed by atoms with Crippen molar-refractivity contribution in [3.63, 3.8) is 0 Å². The number of aryl methyl sites for hydroxylation is 1. The predicted octanol–water partition coefficient (Wildman–Crippen LogP) is 2.23. The summed E-state index contributed by atoms with van der Waals surface area (Å²) in [5, 5.41) is 8.83. The van der Waals surface area contributed by atoms with Gasteiger partial charge < -0.3 is 14.9 Å². The summed E-state index contributed by atoms with van der Waals surface area (Å²) in [5.74, 6) is 1.74. The predicted molar refractivity (Wildman–Crippen MR) is 78.1 cm³/mol. The van der Waals surface area contributed by atoms with E-state index in [0.29, 0.717) is 19.6 Å². The molecule has 5 heteroatoms. The van der Waals surface area contributed by atoms with Gasteiger partial charge in [0.1, 0.15) is 11.5 Å². The summed E-state index contributed by atoms with van der Waals surface area (Å²) >= 11 is 0. The third-order valence-corrected chi connectivity index (χ3v) is 3.42. The summed E-state index contributed by atoms with van der Waals surface area (Å²) in [6.07, 6.45) is 1.32. The fourth-order valence-electron chi connectivity index (χ4n) is 2.29. The quantitative estimate of drug-likeness (QED) is 0.750. The van der Waals surface area contributed by atoms with Gasteiger partial charge in [-0.2, -0.15) is 5.26 Å². The first-order chi connectivity index (χ1) is 9.63. The normalized spacial score (nSPS) is 14.2. The Morgan fingerprint density at radius 1 is 1.45 bits per heavy atom. The Morgan fingerprint density at radius 3 is 2.70 bits per heavy atom. The highest BCUT2D eigenvalue weighted by atomic mass is 16.5. The molecule has 0 aliphatic rings. The molecular formula is C15H25N3O2. The molecule has 0 fully saturated rings. The van der Waals surface area contributed by atoms with Crippen molar-refractivity contribution in [2.45, 2.75) is 38.8 Å². The van der Waals surface area contributed by atoms with E-state index in [-0.39, 0.29) is 12.1 Å². The van der Waals surface area contributed by atoms with E-state index in [1.54, 1.807) is 7.11 Å². The van der Waals surface area contributed by atoms with Crippen LogP contribution >= 0.6 is 0 Å².